The van der Waals surface area contributed by atoms with Crippen LogP contribution in [-0.4, -0.2) is 38.6 Å². The second kappa shape index (κ2) is 7.72. The molecule has 6 nitrogen and oxygen atoms in total. The van der Waals surface area contributed by atoms with E-state index in [-0.39, 0.29) is 11.5 Å². The Morgan fingerprint density at radius 3 is 2.50 bits per heavy atom. The number of benzene rings is 1. The Morgan fingerprint density at radius 1 is 1.35 bits per heavy atom. The van der Waals surface area contributed by atoms with E-state index < -0.39 is 22.0 Å². The van der Waals surface area contributed by atoms with Gasteiger partial charge in [-0.15, -0.1) is 0 Å². The van der Waals surface area contributed by atoms with Crippen LogP contribution < -0.4 is 10.0 Å². The molecule has 0 unspecified atom stereocenters. The van der Waals surface area contributed by atoms with Gasteiger partial charge in [-0.25, -0.2) is 8.42 Å². The smallest absolute Gasteiger partial charge is 0.241 e. The summed E-state index contributed by atoms with van der Waals surface area (Å²) in [5, 5.41) is 11.1. The highest BCUT2D eigenvalue weighted by atomic mass is 79.9. The van der Waals surface area contributed by atoms with E-state index >= 15 is 0 Å². The predicted molar refractivity (Wildman–Crippen MR) is 78.6 cm³/mol. The number of aliphatic hydroxyl groups is 1. The minimum atomic E-state index is -3.73. The Balaban J connectivity index is 2.66. The average molecular weight is 365 g/mol. The van der Waals surface area contributed by atoms with E-state index in [2.05, 4.69) is 26.0 Å². The number of hydrogen-bond donors (Lipinski definition) is 3. The number of rotatable bonds is 7. The fraction of sp³-hybridized carbons (Fsp3) is 0.417. The van der Waals surface area contributed by atoms with Crippen molar-refractivity contribution in [3.8, 4) is 0 Å². The Labute approximate surface area is 126 Å². The maximum Gasteiger partial charge on any atom is 0.241 e. The molecule has 0 spiro atoms. The molecular weight excluding hydrogens is 348 g/mol. The van der Waals surface area contributed by atoms with Crippen LogP contribution >= 0.6 is 15.9 Å². The van der Waals surface area contributed by atoms with E-state index in [9.17, 15) is 13.2 Å². The van der Waals surface area contributed by atoms with Crippen LogP contribution in [0.25, 0.3) is 0 Å². The molecule has 1 rings (SSSR count). The summed E-state index contributed by atoms with van der Waals surface area (Å²) in [6.07, 6.45) is 0.428. The van der Waals surface area contributed by atoms with Gasteiger partial charge in [-0.3, -0.25) is 4.79 Å². The average Bonchev–Trinajstić information content (AvgIpc) is 2.38. The molecule has 1 aromatic carbocycles. The van der Waals surface area contributed by atoms with E-state index in [4.69, 9.17) is 5.11 Å². The molecule has 0 aromatic heterocycles. The van der Waals surface area contributed by atoms with Crippen molar-refractivity contribution in [2.45, 2.75) is 24.3 Å². The quantitative estimate of drug-likeness (QED) is 0.617. The van der Waals surface area contributed by atoms with Crippen LogP contribution in [0, 0.1) is 0 Å². The van der Waals surface area contributed by atoms with Gasteiger partial charge in [-0.05, 0) is 37.6 Å². The lowest BCUT2D eigenvalue weighted by Crippen LogP contribution is -2.45. The first kappa shape index (κ1) is 17.1. The van der Waals surface area contributed by atoms with Gasteiger partial charge in [0, 0.05) is 17.6 Å². The Kier molecular flexibility index (Phi) is 6.60. The molecule has 0 saturated heterocycles. The fourth-order valence-electron chi connectivity index (χ4n) is 1.41. The molecule has 1 atom stereocenters. The summed E-state index contributed by atoms with van der Waals surface area (Å²) < 4.78 is 27.2. The molecule has 0 aliphatic carbocycles. The Bertz CT molecular complexity index is 545. The number of nitrogens with one attached hydrogen (secondary N) is 2. The summed E-state index contributed by atoms with van der Waals surface area (Å²) in [5.41, 5.74) is 0. The van der Waals surface area contributed by atoms with Gasteiger partial charge in [0.05, 0.1) is 10.9 Å². The number of aliphatic hydroxyl groups excluding tert-OH is 1. The maximum absolute atomic E-state index is 12.0. The highest BCUT2D eigenvalue weighted by Gasteiger charge is 2.21. The largest absolute Gasteiger partial charge is 0.396 e. The first-order valence-electron chi connectivity index (χ1n) is 6.03. The zero-order valence-corrected chi connectivity index (χ0v) is 13.4. The molecular formula is C12H17BrN2O4S. The number of carbonyl (C=O) groups is 1. The highest BCUT2D eigenvalue weighted by molar-refractivity contribution is 9.10. The lowest BCUT2D eigenvalue weighted by atomic mass is 10.3. The summed E-state index contributed by atoms with van der Waals surface area (Å²) in [5.74, 6) is -0.431. The van der Waals surface area contributed by atoms with Crippen molar-refractivity contribution in [1.82, 2.24) is 10.0 Å². The maximum atomic E-state index is 12.0. The number of sulfonamides is 1. The van der Waals surface area contributed by atoms with Crippen molar-refractivity contribution in [2.75, 3.05) is 13.2 Å². The first-order chi connectivity index (χ1) is 9.36. The van der Waals surface area contributed by atoms with Crippen molar-refractivity contribution in [3.05, 3.63) is 28.7 Å². The minimum Gasteiger partial charge on any atom is -0.396 e. The van der Waals surface area contributed by atoms with Gasteiger partial charge in [-0.2, -0.15) is 4.72 Å². The third-order valence-corrected chi connectivity index (χ3v) is 4.57. The summed E-state index contributed by atoms with van der Waals surface area (Å²) in [4.78, 5) is 11.7. The molecule has 0 aliphatic rings. The van der Waals surface area contributed by atoms with Crippen LogP contribution in [0.5, 0.6) is 0 Å². The molecule has 112 valence electrons. The Hall–Kier alpha value is -0.960. The zero-order valence-electron chi connectivity index (χ0n) is 11.0. The van der Waals surface area contributed by atoms with Crippen LogP contribution in [-0.2, 0) is 14.8 Å². The summed E-state index contributed by atoms with van der Waals surface area (Å²) >= 11 is 3.22. The van der Waals surface area contributed by atoms with Gasteiger partial charge in [0.2, 0.25) is 15.9 Å². The van der Waals surface area contributed by atoms with Crippen LogP contribution in [0.1, 0.15) is 13.3 Å². The van der Waals surface area contributed by atoms with Crippen molar-refractivity contribution >= 4 is 31.9 Å². The van der Waals surface area contributed by atoms with Crippen LogP contribution in [0.2, 0.25) is 0 Å². The molecule has 8 heteroatoms. The summed E-state index contributed by atoms with van der Waals surface area (Å²) in [6.45, 7) is 1.74. The van der Waals surface area contributed by atoms with E-state index in [0.717, 1.165) is 4.47 Å². The molecule has 3 N–H and O–H groups in total. The first-order valence-corrected chi connectivity index (χ1v) is 8.31. The standard InChI is InChI=1S/C12H17BrN2O4S/c1-9(12(17)14-7-2-8-16)15-20(18,19)11-5-3-10(13)4-6-11/h3-6,9,15-16H,2,7-8H2,1H3,(H,14,17)/t9-/m0/s1. The molecule has 1 aromatic rings. The molecule has 20 heavy (non-hydrogen) atoms. The number of carbonyl (C=O) groups excluding carboxylic acids is 1. The third-order valence-electron chi connectivity index (χ3n) is 2.48. The minimum absolute atomic E-state index is 0.0285. The van der Waals surface area contributed by atoms with Crippen LogP contribution in [0.3, 0.4) is 0 Å². The van der Waals surface area contributed by atoms with Crippen LogP contribution in [0.15, 0.2) is 33.6 Å². The van der Waals surface area contributed by atoms with Gasteiger partial charge >= 0.3 is 0 Å². The van der Waals surface area contributed by atoms with E-state index in [0.29, 0.717) is 13.0 Å². The Morgan fingerprint density at radius 2 is 1.95 bits per heavy atom. The summed E-state index contributed by atoms with van der Waals surface area (Å²) in [6, 6.07) is 5.23. The van der Waals surface area contributed by atoms with Gasteiger partial charge in [0.15, 0.2) is 0 Å². The van der Waals surface area contributed by atoms with Crippen molar-refractivity contribution in [1.29, 1.82) is 0 Å². The molecule has 0 radical (unpaired) electrons. The lowest BCUT2D eigenvalue weighted by Gasteiger charge is -2.14. The second-order valence-electron chi connectivity index (χ2n) is 4.17. The SMILES string of the molecule is C[C@H](NS(=O)(=O)c1ccc(Br)cc1)C(=O)NCCCO. The van der Waals surface area contributed by atoms with Crippen molar-refractivity contribution in [2.24, 2.45) is 0 Å². The molecule has 0 heterocycles. The highest BCUT2D eigenvalue weighted by Crippen LogP contribution is 2.14. The van der Waals surface area contributed by atoms with E-state index in [1.165, 1.54) is 19.1 Å². The fourth-order valence-corrected chi connectivity index (χ4v) is 2.88. The number of amides is 1. The second-order valence-corrected chi connectivity index (χ2v) is 6.79. The van der Waals surface area contributed by atoms with Gasteiger partial charge in [0.1, 0.15) is 0 Å². The molecule has 0 bridgehead atoms. The van der Waals surface area contributed by atoms with Crippen molar-refractivity contribution < 1.29 is 18.3 Å². The number of hydrogen-bond acceptors (Lipinski definition) is 4. The predicted octanol–water partition coefficient (Wildman–Crippen LogP) is 0.615. The van der Waals surface area contributed by atoms with Crippen LogP contribution in [0.4, 0.5) is 0 Å². The normalized spacial score (nSPS) is 12.9. The topological polar surface area (TPSA) is 95.5 Å². The van der Waals surface area contributed by atoms with Gasteiger partial charge in [0.25, 0.3) is 0 Å². The molecule has 0 aliphatic heterocycles. The molecule has 1 amide bonds. The zero-order chi connectivity index (χ0) is 15.2. The molecule has 0 fully saturated rings. The monoisotopic (exact) mass is 364 g/mol. The van der Waals surface area contributed by atoms with E-state index in [1.54, 1.807) is 12.1 Å². The number of halogens is 1. The summed E-state index contributed by atoms with van der Waals surface area (Å²) in [7, 11) is -3.73. The van der Waals surface area contributed by atoms with E-state index in [1.807, 2.05) is 0 Å². The molecule has 0 saturated carbocycles. The van der Waals surface area contributed by atoms with Crippen molar-refractivity contribution in [3.63, 3.8) is 0 Å². The lowest BCUT2D eigenvalue weighted by molar-refractivity contribution is -0.122. The van der Waals surface area contributed by atoms with Gasteiger partial charge in [-0.1, -0.05) is 15.9 Å². The third kappa shape index (κ3) is 5.20. The van der Waals surface area contributed by atoms with Gasteiger partial charge < -0.3 is 10.4 Å².